The molecule has 1 aromatic rings. The van der Waals surface area contributed by atoms with Gasteiger partial charge in [0.15, 0.2) is 0 Å². The fourth-order valence-corrected chi connectivity index (χ4v) is 3.91. The highest BCUT2D eigenvalue weighted by Crippen LogP contribution is 2.34. The molecule has 1 aliphatic rings. The molecule has 2 atom stereocenters. The molecule has 1 aromatic carbocycles. The molecule has 0 spiro atoms. The summed E-state index contributed by atoms with van der Waals surface area (Å²) in [6.07, 6.45) is 2.69. The summed E-state index contributed by atoms with van der Waals surface area (Å²) in [4.78, 5) is 0. The Bertz CT molecular complexity index is 424. The summed E-state index contributed by atoms with van der Waals surface area (Å²) in [6.45, 7) is 6.55. The number of rotatable bonds is 6. The summed E-state index contributed by atoms with van der Waals surface area (Å²) in [5.74, 6) is 0.864. The van der Waals surface area contributed by atoms with Crippen LogP contribution in [0, 0.1) is 0 Å². The number of halogens is 2. The Hall–Kier alpha value is -0.100. The van der Waals surface area contributed by atoms with Gasteiger partial charge in [-0.05, 0) is 76.2 Å². The summed E-state index contributed by atoms with van der Waals surface area (Å²) in [5.41, 5.74) is 1.22. The predicted molar refractivity (Wildman–Crippen MR) is 88.3 cm³/mol. The number of nitrogens with one attached hydrogen (secondary N) is 1. The first-order chi connectivity index (χ1) is 9.61. The van der Waals surface area contributed by atoms with Gasteiger partial charge in [-0.15, -0.1) is 0 Å². The van der Waals surface area contributed by atoms with Gasteiger partial charge < -0.3 is 14.8 Å². The first-order valence-electron chi connectivity index (χ1n) is 7.07. The Labute approximate surface area is 137 Å². The van der Waals surface area contributed by atoms with E-state index in [4.69, 9.17) is 9.47 Å². The van der Waals surface area contributed by atoms with Crippen molar-refractivity contribution in [1.29, 1.82) is 0 Å². The molecule has 3 nitrogen and oxygen atoms in total. The molecular formula is C15H21Br2NO2. The maximum absolute atomic E-state index is 5.70. The maximum Gasteiger partial charge on any atom is 0.147 e. The molecule has 20 heavy (non-hydrogen) atoms. The monoisotopic (exact) mass is 405 g/mol. The van der Waals surface area contributed by atoms with Crippen molar-refractivity contribution >= 4 is 31.9 Å². The molecule has 0 saturated carbocycles. The van der Waals surface area contributed by atoms with E-state index in [0.29, 0.717) is 18.8 Å². The average molecular weight is 407 g/mol. The van der Waals surface area contributed by atoms with Crippen molar-refractivity contribution < 1.29 is 9.47 Å². The van der Waals surface area contributed by atoms with Crippen LogP contribution < -0.4 is 10.1 Å². The Balaban J connectivity index is 1.95. The Morgan fingerprint density at radius 2 is 2.10 bits per heavy atom. The van der Waals surface area contributed by atoms with Crippen molar-refractivity contribution in [3.8, 4) is 5.75 Å². The molecule has 0 unspecified atom stereocenters. The number of hydrogen-bond donors (Lipinski definition) is 1. The quantitative estimate of drug-likeness (QED) is 0.765. The lowest BCUT2D eigenvalue weighted by Gasteiger charge is -2.20. The highest BCUT2D eigenvalue weighted by atomic mass is 79.9. The van der Waals surface area contributed by atoms with Crippen LogP contribution in [0.2, 0.25) is 0 Å². The Morgan fingerprint density at radius 1 is 1.40 bits per heavy atom. The van der Waals surface area contributed by atoms with E-state index in [2.05, 4.69) is 56.2 Å². The predicted octanol–water partition coefficient (Wildman–Crippen LogP) is 4.27. The van der Waals surface area contributed by atoms with Gasteiger partial charge in [0.2, 0.25) is 0 Å². The highest BCUT2D eigenvalue weighted by Gasteiger charge is 2.21. The average Bonchev–Trinajstić information content (AvgIpc) is 2.94. The second-order valence-electron chi connectivity index (χ2n) is 5.04. The van der Waals surface area contributed by atoms with E-state index in [1.165, 1.54) is 12.0 Å². The lowest BCUT2D eigenvalue weighted by Crippen LogP contribution is -2.36. The van der Waals surface area contributed by atoms with Crippen LogP contribution in [0.1, 0.15) is 32.3 Å². The number of ether oxygens (including phenoxy) is 2. The smallest absolute Gasteiger partial charge is 0.147 e. The minimum atomic E-state index is 0.351. The summed E-state index contributed by atoms with van der Waals surface area (Å²) >= 11 is 7.13. The third-order valence-electron chi connectivity index (χ3n) is 3.50. The minimum Gasteiger partial charge on any atom is -0.492 e. The molecular weight excluding hydrogens is 386 g/mol. The third kappa shape index (κ3) is 4.20. The third-order valence-corrected chi connectivity index (χ3v) is 4.68. The lowest BCUT2D eigenvalue weighted by atomic mass is 10.1. The first-order valence-corrected chi connectivity index (χ1v) is 8.66. The van der Waals surface area contributed by atoms with E-state index in [-0.39, 0.29) is 0 Å². The molecule has 112 valence electrons. The topological polar surface area (TPSA) is 30.5 Å². The largest absolute Gasteiger partial charge is 0.492 e. The molecule has 1 heterocycles. The van der Waals surface area contributed by atoms with E-state index in [1.807, 2.05) is 6.92 Å². The summed E-state index contributed by atoms with van der Waals surface area (Å²) in [7, 11) is 0. The van der Waals surface area contributed by atoms with Crippen molar-refractivity contribution in [2.75, 3.05) is 13.2 Å². The molecule has 5 heteroatoms. The van der Waals surface area contributed by atoms with E-state index >= 15 is 0 Å². The van der Waals surface area contributed by atoms with E-state index in [1.54, 1.807) is 0 Å². The van der Waals surface area contributed by atoms with Gasteiger partial charge in [-0.3, -0.25) is 0 Å². The Kier molecular flexibility index (Phi) is 6.33. The molecule has 1 N–H and O–H groups in total. The van der Waals surface area contributed by atoms with Gasteiger partial charge in [-0.1, -0.05) is 0 Å². The van der Waals surface area contributed by atoms with Gasteiger partial charge >= 0.3 is 0 Å². The van der Waals surface area contributed by atoms with E-state index in [9.17, 15) is 0 Å². The van der Waals surface area contributed by atoms with Gasteiger partial charge in [0.1, 0.15) is 5.75 Å². The summed E-state index contributed by atoms with van der Waals surface area (Å²) in [5, 5.41) is 3.54. The lowest BCUT2D eigenvalue weighted by molar-refractivity contribution is 0.0832. The maximum atomic E-state index is 5.70. The Morgan fingerprint density at radius 3 is 2.65 bits per heavy atom. The number of benzene rings is 1. The van der Waals surface area contributed by atoms with Crippen molar-refractivity contribution in [3.63, 3.8) is 0 Å². The van der Waals surface area contributed by atoms with Gasteiger partial charge in [0.05, 0.1) is 21.7 Å². The molecule has 0 radical (unpaired) electrons. The first kappa shape index (κ1) is 16.3. The van der Waals surface area contributed by atoms with Gasteiger partial charge in [-0.2, -0.15) is 0 Å². The second kappa shape index (κ2) is 7.78. The zero-order valence-electron chi connectivity index (χ0n) is 11.9. The number of hydrogen-bond acceptors (Lipinski definition) is 3. The van der Waals surface area contributed by atoms with Gasteiger partial charge in [-0.25, -0.2) is 0 Å². The standard InChI is InChI=1S/C15H21Br2NO2/c1-3-19-15-12(16)7-11(8-13(15)17)9-18-10(2)14-5-4-6-20-14/h7-8,10,14,18H,3-6,9H2,1-2H3/t10-,14-/m0/s1. The zero-order chi connectivity index (χ0) is 14.5. The molecule has 0 bridgehead atoms. The van der Waals surface area contributed by atoms with Crippen LogP contribution in [0.25, 0.3) is 0 Å². The van der Waals surface area contributed by atoms with Crippen molar-refractivity contribution in [2.45, 2.75) is 45.4 Å². The summed E-state index contributed by atoms with van der Waals surface area (Å²) < 4.78 is 13.3. The molecule has 0 aromatic heterocycles. The van der Waals surface area contributed by atoms with Crippen LogP contribution in [0.15, 0.2) is 21.1 Å². The van der Waals surface area contributed by atoms with Crippen LogP contribution in [0.5, 0.6) is 5.75 Å². The molecule has 0 amide bonds. The van der Waals surface area contributed by atoms with Gasteiger partial charge in [0, 0.05) is 19.2 Å². The van der Waals surface area contributed by atoms with Crippen LogP contribution in [0.3, 0.4) is 0 Å². The zero-order valence-corrected chi connectivity index (χ0v) is 15.1. The van der Waals surface area contributed by atoms with Gasteiger partial charge in [0.25, 0.3) is 0 Å². The molecule has 0 aliphatic carbocycles. The van der Waals surface area contributed by atoms with Crippen molar-refractivity contribution in [2.24, 2.45) is 0 Å². The van der Waals surface area contributed by atoms with Crippen LogP contribution in [0.4, 0.5) is 0 Å². The van der Waals surface area contributed by atoms with Crippen molar-refractivity contribution in [1.82, 2.24) is 5.32 Å². The fourth-order valence-electron chi connectivity index (χ4n) is 2.40. The van der Waals surface area contributed by atoms with Crippen LogP contribution in [-0.2, 0) is 11.3 Å². The van der Waals surface area contributed by atoms with Crippen LogP contribution in [-0.4, -0.2) is 25.4 Å². The minimum absolute atomic E-state index is 0.351. The summed E-state index contributed by atoms with van der Waals surface area (Å²) in [6, 6.07) is 4.58. The van der Waals surface area contributed by atoms with Crippen molar-refractivity contribution in [3.05, 3.63) is 26.6 Å². The van der Waals surface area contributed by atoms with E-state index in [0.717, 1.165) is 34.3 Å². The second-order valence-corrected chi connectivity index (χ2v) is 6.75. The molecule has 1 fully saturated rings. The fraction of sp³-hybridized carbons (Fsp3) is 0.600. The molecule has 1 aliphatic heterocycles. The normalized spacial score (nSPS) is 20.1. The highest BCUT2D eigenvalue weighted by molar-refractivity contribution is 9.11. The van der Waals surface area contributed by atoms with E-state index < -0.39 is 0 Å². The SMILES string of the molecule is CCOc1c(Br)cc(CN[C@@H](C)[C@@H]2CCCO2)cc1Br. The van der Waals surface area contributed by atoms with Crippen LogP contribution >= 0.6 is 31.9 Å². The molecule has 2 rings (SSSR count). The molecule has 1 saturated heterocycles.